The van der Waals surface area contributed by atoms with E-state index in [1.54, 1.807) is 61.6 Å². The average molecular weight is 484 g/mol. The largest absolute Gasteiger partial charge is 0.444 e. The molecule has 31 heavy (non-hydrogen) atoms. The average Bonchev–Trinajstić information content (AvgIpc) is 3.20. The first-order valence-corrected chi connectivity index (χ1v) is 10.4. The van der Waals surface area contributed by atoms with E-state index in [-0.39, 0.29) is 17.6 Å². The van der Waals surface area contributed by atoms with Crippen LogP contribution in [-0.4, -0.2) is 31.3 Å². The number of rotatable bonds is 6. The second-order valence-corrected chi connectivity index (χ2v) is 7.61. The SMILES string of the molecule is CCNC(=O)c1ccc(C)c(NC(=O)c2ccccc2N(C)C(=O)c2ccc(Br)o2)c1. The molecule has 0 saturated heterocycles. The van der Waals surface area contributed by atoms with Crippen LogP contribution in [0.15, 0.2) is 63.7 Å². The minimum absolute atomic E-state index is 0.148. The molecule has 160 valence electrons. The number of amides is 3. The van der Waals surface area contributed by atoms with Crippen molar-refractivity contribution >= 4 is 45.0 Å². The van der Waals surface area contributed by atoms with Gasteiger partial charge in [0.15, 0.2) is 10.4 Å². The quantitative estimate of drug-likeness (QED) is 0.534. The van der Waals surface area contributed by atoms with E-state index < -0.39 is 5.91 Å². The van der Waals surface area contributed by atoms with Crippen LogP contribution in [0.25, 0.3) is 0 Å². The highest BCUT2D eigenvalue weighted by Crippen LogP contribution is 2.25. The second kappa shape index (κ2) is 9.61. The predicted octanol–water partition coefficient (Wildman–Crippen LogP) is 4.63. The molecule has 3 amide bonds. The first-order chi connectivity index (χ1) is 14.8. The molecule has 0 radical (unpaired) electrons. The Morgan fingerprint density at radius 1 is 1.03 bits per heavy atom. The second-order valence-electron chi connectivity index (χ2n) is 6.83. The lowest BCUT2D eigenvalue weighted by Gasteiger charge is -2.20. The van der Waals surface area contributed by atoms with Gasteiger partial charge in [-0.1, -0.05) is 18.2 Å². The van der Waals surface area contributed by atoms with Crippen LogP contribution in [-0.2, 0) is 0 Å². The van der Waals surface area contributed by atoms with Crippen molar-refractivity contribution in [1.29, 1.82) is 0 Å². The van der Waals surface area contributed by atoms with Gasteiger partial charge in [-0.2, -0.15) is 0 Å². The lowest BCUT2D eigenvalue weighted by molar-refractivity contribution is 0.0950. The molecule has 7 nitrogen and oxygen atoms in total. The molecule has 0 aliphatic heterocycles. The van der Waals surface area contributed by atoms with Crippen LogP contribution in [0, 0.1) is 6.92 Å². The van der Waals surface area contributed by atoms with Crippen LogP contribution in [0.4, 0.5) is 11.4 Å². The lowest BCUT2D eigenvalue weighted by Crippen LogP contribution is -2.28. The number of carbonyl (C=O) groups excluding carboxylic acids is 3. The molecule has 1 aromatic heterocycles. The molecule has 2 N–H and O–H groups in total. The van der Waals surface area contributed by atoms with Gasteiger partial charge < -0.3 is 20.0 Å². The molecule has 2 aromatic carbocycles. The maximum absolute atomic E-state index is 13.1. The van der Waals surface area contributed by atoms with Crippen molar-refractivity contribution in [2.75, 3.05) is 23.8 Å². The first kappa shape index (κ1) is 22.3. The molecular formula is C23H22BrN3O4. The summed E-state index contributed by atoms with van der Waals surface area (Å²) in [6, 6.07) is 15.1. The number of hydrogen-bond donors (Lipinski definition) is 2. The van der Waals surface area contributed by atoms with Gasteiger partial charge >= 0.3 is 0 Å². The summed E-state index contributed by atoms with van der Waals surface area (Å²) in [5, 5.41) is 5.59. The summed E-state index contributed by atoms with van der Waals surface area (Å²) in [5.74, 6) is -0.851. The minimum atomic E-state index is -0.396. The number of anilines is 2. The number of para-hydroxylation sites is 1. The van der Waals surface area contributed by atoms with Crippen LogP contribution < -0.4 is 15.5 Å². The van der Waals surface area contributed by atoms with Gasteiger partial charge in [-0.05, 0) is 71.7 Å². The highest BCUT2D eigenvalue weighted by atomic mass is 79.9. The number of hydrogen-bond acceptors (Lipinski definition) is 4. The van der Waals surface area contributed by atoms with Gasteiger partial charge in [0.25, 0.3) is 17.7 Å². The minimum Gasteiger partial charge on any atom is -0.444 e. The Bertz CT molecular complexity index is 1140. The number of nitrogens with one attached hydrogen (secondary N) is 2. The molecule has 0 bridgehead atoms. The van der Waals surface area contributed by atoms with Crippen LogP contribution in [0.2, 0.25) is 0 Å². The van der Waals surface area contributed by atoms with E-state index in [4.69, 9.17) is 4.42 Å². The molecule has 0 aliphatic rings. The van der Waals surface area contributed by atoms with Gasteiger partial charge in [-0.15, -0.1) is 0 Å². The van der Waals surface area contributed by atoms with E-state index >= 15 is 0 Å². The van der Waals surface area contributed by atoms with Crippen molar-refractivity contribution in [2.45, 2.75) is 13.8 Å². The fourth-order valence-corrected chi connectivity index (χ4v) is 3.32. The molecule has 3 aromatic rings. The topological polar surface area (TPSA) is 91.7 Å². The zero-order valence-electron chi connectivity index (χ0n) is 17.4. The van der Waals surface area contributed by atoms with E-state index in [2.05, 4.69) is 26.6 Å². The summed E-state index contributed by atoms with van der Waals surface area (Å²) in [6.07, 6.45) is 0. The fourth-order valence-electron chi connectivity index (χ4n) is 3.01. The van der Waals surface area contributed by atoms with Crippen LogP contribution in [0.1, 0.15) is 43.8 Å². The number of aryl methyl sites for hydroxylation is 1. The zero-order valence-corrected chi connectivity index (χ0v) is 18.9. The summed E-state index contributed by atoms with van der Waals surface area (Å²) < 4.78 is 5.78. The third-order valence-electron chi connectivity index (χ3n) is 4.68. The number of furan rings is 1. The number of nitrogens with zero attached hydrogens (tertiary/aromatic N) is 1. The highest BCUT2D eigenvalue weighted by molar-refractivity contribution is 9.10. The Labute approximate surface area is 188 Å². The van der Waals surface area contributed by atoms with E-state index in [0.717, 1.165) is 5.56 Å². The van der Waals surface area contributed by atoms with E-state index in [0.29, 0.717) is 33.7 Å². The molecule has 0 fully saturated rings. The Kier molecular flexibility index (Phi) is 6.91. The van der Waals surface area contributed by atoms with Crippen molar-refractivity contribution in [1.82, 2.24) is 5.32 Å². The molecular weight excluding hydrogens is 462 g/mol. The normalized spacial score (nSPS) is 10.5. The van der Waals surface area contributed by atoms with Crippen molar-refractivity contribution in [3.8, 4) is 0 Å². The van der Waals surface area contributed by atoms with Crippen molar-refractivity contribution in [2.24, 2.45) is 0 Å². The van der Waals surface area contributed by atoms with E-state index in [9.17, 15) is 14.4 Å². The first-order valence-electron chi connectivity index (χ1n) is 9.64. The highest BCUT2D eigenvalue weighted by Gasteiger charge is 2.22. The molecule has 0 saturated carbocycles. The Morgan fingerprint density at radius 3 is 2.45 bits per heavy atom. The van der Waals surface area contributed by atoms with Crippen LogP contribution in [0.3, 0.4) is 0 Å². The maximum Gasteiger partial charge on any atom is 0.293 e. The van der Waals surface area contributed by atoms with Crippen molar-refractivity contribution < 1.29 is 18.8 Å². The van der Waals surface area contributed by atoms with Crippen LogP contribution in [0.5, 0.6) is 0 Å². The number of carbonyl (C=O) groups is 3. The maximum atomic E-state index is 13.1. The zero-order chi connectivity index (χ0) is 22.5. The lowest BCUT2D eigenvalue weighted by atomic mass is 10.1. The van der Waals surface area contributed by atoms with Gasteiger partial charge in [0.1, 0.15) is 0 Å². The summed E-state index contributed by atoms with van der Waals surface area (Å²) in [5.41, 5.74) is 2.52. The summed E-state index contributed by atoms with van der Waals surface area (Å²) in [4.78, 5) is 39.3. The van der Waals surface area contributed by atoms with Crippen molar-refractivity contribution in [3.63, 3.8) is 0 Å². The van der Waals surface area contributed by atoms with Gasteiger partial charge in [0, 0.05) is 24.8 Å². The number of benzene rings is 2. The van der Waals surface area contributed by atoms with E-state index in [1.807, 2.05) is 13.8 Å². The summed E-state index contributed by atoms with van der Waals surface area (Å²) in [6.45, 7) is 4.19. The molecule has 0 unspecified atom stereocenters. The molecule has 0 aliphatic carbocycles. The smallest absolute Gasteiger partial charge is 0.293 e. The van der Waals surface area contributed by atoms with Gasteiger partial charge in [-0.25, -0.2) is 0 Å². The van der Waals surface area contributed by atoms with E-state index in [1.165, 1.54) is 4.90 Å². The molecule has 3 rings (SSSR count). The molecule has 0 spiro atoms. The molecule has 0 atom stereocenters. The third kappa shape index (κ3) is 5.03. The summed E-state index contributed by atoms with van der Waals surface area (Å²) in [7, 11) is 1.58. The van der Waals surface area contributed by atoms with Crippen molar-refractivity contribution in [3.05, 3.63) is 81.7 Å². The van der Waals surface area contributed by atoms with Gasteiger partial charge in [0.05, 0.1) is 11.3 Å². The monoisotopic (exact) mass is 483 g/mol. The number of halogens is 1. The third-order valence-corrected chi connectivity index (χ3v) is 5.11. The Balaban J connectivity index is 1.88. The standard InChI is InChI=1S/C23H22BrN3O4/c1-4-25-21(28)15-10-9-14(2)17(13-15)26-22(29)16-7-5-6-8-18(16)27(3)23(30)19-11-12-20(24)31-19/h5-13H,4H2,1-3H3,(H,25,28)(H,26,29). The Hall–Kier alpha value is -3.39. The predicted molar refractivity (Wildman–Crippen MR) is 123 cm³/mol. The van der Waals surface area contributed by atoms with Crippen LogP contribution >= 0.6 is 15.9 Å². The fraction of sp³-hybridized carbons (Fsp3) is 0.174. The molecule has 1 heterocycles. The van der Waals surface area contributed by atoms with Gasteiger partial charge in [-0.3, -0.25) is 14.4 Å². The Morgan fingerprint density at radius 2 is 1.77 bits per heavy atom. The summed E-state index contributed by atoms with van der Waals surface area (Å²) >= 11 is 3.18. The molecule has 8 heteroatoms. The van der Waals surface area contributed by atoms with Gasteiger partial charge in [0.2, 0.25) is 0 Å².